The number of benzene rings is 1. The Kier molecular flexibility index (Phi) is 5.28. The van der Waals surface area contributed by atoms with Crippen molar-refractivity contribution >= 4 is 22.5 Å². The van der Waals surface area contributed by atoms with Gasteiger partial charge >= 0.3 is 0 Å². The zero-order valence-electron chi connectivity index (χ0n) is 16.7. The van der Waals surface area contributed by atoms with Crippen LogP contribution >= 0.6 is 0 Å². The minimum atomic E-state index is -0.0304. The second kappa shape index (κ2) is 8.02. The highest BCUT2D eigenvalue weighted by Gasteiger charge is 2.28. The summed E-state index contributed by atoms with van der Waals surface area (Å²) < 4.78 is 1.67. The SMILES string of the molecule is CC1CC(c2ccc(C#N)c3ncccc23)CN(CC(=O)Nc2cnn(C)c2)C1. The zero-order valence-corrected chi connectivity index (χ0v) is 16.7. The number of pyridine rings is 1. The van der Waals surface area contributed by atoms with Gasteiger partial charge in [0.25, 0.3) is 0 Å². The van der Waals surface area contributed by atoms with Gasteiger partial charge < -0.3 is 5.32 Å². The van der Waals surface area contributed by atoms with Gasteiger partial charge in [-0.2, -0.15) is 10.4 Å². The van der Waals surface area contributed by atoms with E-state index in [1.807, 2.05) is 25.2 Å². The lowest BCUT2D eigenvalue weighted by Crippen LogP contribution is -2.42. The van der Waals surface area contributed by atoms with Crippen LogP contribution in [0.3, 0.4) is 0 Å². The Bertz CT molecular complexity index is 1080. The molecular weight excluding hydrogens is 364 g/mol. The van der Waals surface area contributed by atoms with Crippen molar-refractivity contribution in [2.45, 2.75) is 19.3 Å². The molecule has 1 amide bonds. The molecule has 2 aromatic heterocycles. The first-order chi connectivity index (χ1) is 14.0. The van der Waals surface area contributed by atoms with Crippen LogP contribution in [0.15, 0.2) is 42.9 Å². The molecule has 1 aliphatic heterocycles. The van der Waals surface area contributed by atoms with Crippen molar-refractivity contribution in [1.29, 1.82) is 5.26 Å². The monoisotopic (exact) mass is 388 g/mol. The lowest BCUT2D eigenvalue weighted by molar-refractivity contribution is -0.117. The van der Waals surface area contributed by atoms with Crippen molar-refractivity contribution in [2.75, 3.05) is 25.0 Å². The van der Waals surface area contributed by atoms with Crippen LogP contribution in [0.2, 0.25) is 0 Å². The van der Waals surface area contributed by atoms with E-state index in [0.717, 1.165) is 30.4 Å². The highest BCUT2D eigenvalue weighted by atomic mass is 16.2. The lowest BCUT2D eigenvalue weighted by atomic mass is 9.83. The predicted octanol–water partition coefficient (Wildman–Crippen LogP) is 2.90. The van der Waals surface area contributed by atoms with Crippen molar-refractivity contribution in [3.63, 3.8) is 0 Å². The number of aromatic nitrogens is 3. The quantitative estimate of drug-likeness (QED) is 0.743. The zero-order chi connectivity index (χ0) is 20.4. The number of hydrogen-bond donors (Lipinski definition) is 1. The normalized spacial score (nSPS) is 19.8. The molecule has 1 saturated heterocycles. The molecule has 0 bridgehead atoms. The number of piperidine rings is 1. The predicted molar refractivity (Wildman–Crippen MR) is 111 cm³/mol. The summed E-state index contributed by atoms with van der Waals surface area (Å²) in [4.78, 5) is 19.1. The topological polar surface area (TPSA) is 86.8 Å². The van der Waals surface area contributed by atoms with E-state index >= 15 is 0 Å². The summed E-state index contributed by atoms with van der Waals surface area (Å²) in [5.41, 5.74) is 3.27. The van der Waals surface area contributed by atoms with Gasteiger partial charge in [0.2, 0.25) is 5.91 Å². The van der Waals surface area contributed by atoms with Crippen molar-refractivity contribution in [1.82, 2.24) is 19.7 Å². The molecule has 4 rings (SSSR count). The van der Waals surface area contributed by atoms with Gasteiger partial charge in [0, 0.05) is 37.9 Å². The van der Waals surface area contributed by atoms with Crippen LogP contribution in [-0.2, 0) is 11.8 Å². The summed E-state index contributed by atoms with van der Waals surface area (Å²) in [6, 6.07) is 10.1. The van der Waals surface area contributed by atoms with E-state index in [2.05, 4.69) is 39.4 Å². The van der Waals surface area contributed by atoms with Crippen LogP contribution in [0, 0.1) is 17.2 Å². The number of nitrogens with one attached hydrogen (secondary N) is 1. The highest BCUT2D eigenvalue weighted by Crippen LogP contribution is 2.34. The molecule has 2 unspecified atom stereocenters. The van der Waals surface area contributed by atoms with Crippen molar-refractivity contribution < 1.29 is 4.79 Å². The van der Waals surface area contributed by atoms with Crippen molar-refractivity contribution in [3.05, 3.63) is 54.0 Å². The molecule has 7 nitrogen and oxygen atoms in total. The van der Waals surface area contributed by atoms with Crippen LogP contribution in [0.5, 0.6) is 0 Å². The molecule has 1 aliphatic rings. The van der Waals surface area contributed by atoms with Gasteiger partial charge in [-0.1, -0.05) is 19.1 Å². The minimum Gasteiger partial charge on any atom is -0.322 e. The Labute approximate surface area is 170 Å². The van der Waals surface area contributed by atoms with Crippen molar-refractivity contribution in [3.8, 4) is 6.07 Å². The first kappa shape index (κ1) is 19.1. The molecule has 1 fully saturated rings. The standard InChI is InChI=1S/C22H24N6O/c1-15-8-17(19-6-5-16(9-23)22-20(19)4-3-7-24-22)12-28(11-15)14-21(29)26-18-10-25-27(2)13-18/h3-7,10,13,15,17H,8,11-12,14H2,1-2H3,(H,26,29). The fourth-order valence-corrected chi connectivity index (χ4v) is 4.35. The number of amides is 1. The van der Waals surface area contributed by atoms with E-state index < -0.39 is 0 Å². The first-order valence-electron chi connectivity index (χ1n) is 9.82. The summed E-state index contributed by atoms with van der Waals surface area (Å²) in [6.45, 7) is 4.27. The largest absolute Gasteiger partial charge is 0.322 e. The molecule has 148 valence electrons. The Hall–Kier alpha value is -3.24. The number of rotatable bonds is 4. The summed E-state index contributed by atoms with van der Waals surface area (Å²) in [7, 11) is 1.82. The number of likely N-dealkylation sites (tertiary alicyclic amines) is 1. The van der Waals surface area contributed by atoms with Crippen LogP contribution in [0.25, 0.3) is 10.9 Å². The van der Waals surface area contributed by atoms with Gasteiger partial charge in [0.1, 0.15) is 6.07 Å². The van der Waals surface area contributed by atoms with E-state index in [1.54, 1.807) is 23.3 Å². The van der Waals surface area contributed by atoms with Gasteiger partial charge in [-0.05, 0) is 36.0 Å². The average molecular weight is 388 g/mol. The van der Waals surface area contributed by atoms with Gasteiger partial charge in [0.15, 0.2) is 0 Å². The summed E-state index contributed by atoms with van der Waals surface area (Å²) in [5.74, 6) is 0.740. The number of carbonyl (C=O) groups is 1. The number of carbonyl (C=O) groups excluding carboxylic acids is 1. The smallest absolute Gasteiger partial charge is 0.238 e. The van der Waals surface area contributed by atoms with Gasteiger partial charge in [-0.15, -0.1) is 0 Å². The summed E-state index contributed by atoms with van der Waals surface area (Å²) in [5, 5.41) is 17.4. The van der Waals surface area contributed by atoms with Crippen LogP contribution < -0.4 is 5.32 Å². The van der Waals surface area contributed by atoms with Gasteiger partial charge in [0.05, 0.1) is 29.5 Å². The van der Waals surface area contributed by atoms with Crippen LogP contribution in [0.4, 0.5) is 5.69 Å². The molecule has 2 atom stereocenters. The molecule has 0 aliphatic carbocycles. The maximum absolute atomic E-state index is 12.5. The number of nitriles is 1. The van der Waals surface area contributed by atoms with E-state index in [4.69, 9.17) is 0 Å². The Morgan fingerprint density at radius 2 is 2.21 bits per heavy atom. The van der Waals surface area contributed by atoms with E-state index in [0.29, 0.717) is 29.6 Å². The Morgan fingerprint density at radius 1 is 1.34 bits per heavy atom. The fraction of sp³-hybridized carbons (Fsp3) is 0.364. The van der Waals surface area contributed by atoms with Crippen LogP contribution in [0.1, 0.15) is 30.4 Å². The maximum atomic E-state index is 12.5. The molecule has 0 saturated carbocycles. The average Bonchev–Trinajstić information content (AvgIpc) is 3.11. The third-order valence-corrected chi connectivity index (χ3v) is 5.45. The number of hydrogen-bond acceptors (Lipinski definition) is 5. The second-order valence-electron chi connectivity index (χ2n) is 7.90. The molecule has 0 radical (unpaired) electrons. The lowest BCUT2D eigenvalue weighted by Gasteiger charge is -2.36. The second-order valence-corrected chi connectivity index (χ2v) is 7.90. The molecular formula is C22H24N6O. The summed E-state index contributed by atoms with van der Waals surface area (Å²) in [6.07, 6.45) is 6.22. The first-order valence-corrected chi connectivity index (χ1v) is 9.82. The van der Waals surface area contributed by atoms with E-state index in [9.17, 15) is 10.1 Å². The minimum absolute atomic E-state index is 0.0304. The van der Waals surface area contributed by atoms with Gasteiger partial charge in [-0.3, -0.25) is 19.4 Å². The molecule has 1 N–H and O–H groups in total. The number of aryl methyl sites for hydroxylation is 1. The van der Waals surface area contributed by atoms with Crippen LogP contribution in [-0.4, -0.2) is 45.2 Å². The molecule has 0 spiro atoms. The third kappa shape index (κ3) is 4.13. The third-order valence-electron chi connectivity index (χ3n) is 5.45. The number of nitrogens with zero attached hydrogens (tertiary/aromatic N) is 5. The number of fused-ring (bicyclic) bond motifs is 1. The van der Waals surface area contributed by atoms with E-state index in [-0.39, 0.29) is 5.91 Å². The molecule has 3 heterocycles. The Balaban J connectivity index is 1.53. The maximum Gasteiger partial charge on any atom is 0.238 e. The molecule has 7 heteroatoms. The van der Waals surface area contributed by atoms with Gasteiger partial charge in [-0.25, -0.2) is 0 Å². The molecule has 29 heavy (non-hydrogen) atoms. The molecule has 1 aromatic carbocycles. The number of anilines is 1. The summed E-state index contributed by atoms with van der Waals surface area (Å²) >= 11 is 0. The van der Waals surface area contributed by atoms with Crippen molar-refractivity contribution in [2.24, 2.45) is 13.0 Å². The fourth-order valence-electron chi connectivity index (χ4n) is 4.35. The Morgan fingerprint density at radius 3 is 2.97 bits per heavy atom. The molecule has 3 aromatic rings. The van der Waals surface area contributed by atoms with E-state index in [1.165, 1.54) is 5.56 Å². The highest BCUT2D eigenvalue weighted by molar-refractivity contribution is 5.92.